The van der Waals surface area contributed by atoms with E-state index in [1.807, 2.05) is 25.7 Å². The summed E-state index contributed by atoms with van der Waals surface area (Å²) in [6.45, 7) is 17.1. The predicted molar refractivity (Wildman–Crippen MR) is 95.8 cm³/mol. The fraction of sp³-hybridized carbons (Fsp3) is 0.944. The Bertz CT molecular complexity index is 342. The van der Waals surface area contributed by atoms with E-state index in [9.17, 15) is 4.79 Å². The highest BCUT2D eigenvalue weighted by atomic mass is 16.6. The third kappa shape index (κ3) is 8.56. The van der Waals surface area contributed by atoms with Gasteiger partial charge in [0.2, 0.25) is 0 Å². The first-order valence-corrected chi connectivity index (χ1v) is 9.26. The zero-order valence-electron chi connectivity index (χ0n) is 15.9. The summed E-state index contributed by atoms with van der Waals surface area (Å²) < 4.78 is 5.51. The minimum Gasteiger partial charge on any atom is -0.444 e. The first kappa shape index (κ1) is 20.2. The number of nitrogens with zero attached hydrogens (tertiary/aromatic N) is 2. The molecule has 1 aliphatic heterocycles. The van der Waals surface area contributed by atoms with E-state index in [-0.39, 0.29) is 6.09 Å². The Balaban J connectivity index is 2.34. The molecule has 136 valence electrons. The molecule has 0 bridgehead atoms. The minimum atomic E-state index is -0.424. The van der Waals surface area contributed by atoms with Gasteiger partial charge in [0.25, 0.3) is 0 Å². The first-order valence-electron chi connectivity index (χ1n) is 9.26. The van der Waals surface area contributed by atoms with Crippen LogP contribution in [0.15, 0.2) is 0 Å². The quantitative estimate of drug-likeness (QED) is 0.661. The van der Waals surface area contributed by atoms with Crippen LogP contribution < -0.4 is 5.32 Å². The number of nitrogens with one attached hydrogen (secondary N) is 1. The molecule has 0 aliphatic carbocycles. The molecule has 5 nitrogen and oxygen atoms in total. The zero-order valence-corrected chi connectivity index (χ0v) is 15.9. The summed E-state index contributed by atoms with van der Waals surface area (Å²) in [5.41, 5.74) is -0.424. The number of hydrogen-bond acceptors (Lipinski definition) is 4. The fourth-order valence-corrected chi connectivity index (χ4v) is 2.92. The van der Waals surface area contributed by atoms with Gasteiger partial charge in [-0.2, -0.15) is 0 Å². The highest BCUT2D eigenvalue weighted by Crippen LogP contribution is 2.16. The fourth-order valence-electron chi connectivity index (χ4n) is 2.92. The van der Waals surface area contributed by atoms with Crippen LogP contribution in [-0.4, -0.2) is 67.3 Å². The first-order chi connectivity index (χ1) is 10.9. The van der Waals surface area contributed by atoms with Crippen molar-refractivity contribution in [1.29, 1.82) is 0 Å². The Morgan fingerprint density at radius 1 is 1.26 bits per heavy atom. The van der Waals surface area contributed by atoms with Gasteiger partial charge in [0.1, 0.15) is 5.60 Å². The molecule has 1 atom stereocenters. The topological polar surface area (TPSA) is 44.8 Å². The lowest BCUT2D eigenvalue weighted by Gasteiger charge is -2.28. The highest BCUT2D eigenvalue weighted by Gasteiger charge is 2.25. The third-order valence-corrected chi connectivity index (χ3v) is 4.06. The molecule has 1 fully saturated rings. The number of likely N-dealkylation sites (tertiary alicyclic amines) is 1. The maximum absolute atomic E-state index is 12.3. The number of carbonyl (C=O) groups excluding carboxylic acids is 1. The van der Waals surface area contributed by atoms with Crippen molar-refractivity contribution in [1.82, 2.24) is 15.1 Å². The molecule has 0 radical (unpaired) electrons. The molecule has 0 aromatic rings. The second kappa shape index (κ2) is 10.1. The van der Waals surface area contributed by atoms with Crippen molar-refractivity contribution in [3.05, 3.63) is 0 Å². The summed E-state index contributed by atoms with van der Waals surface area (Å²) >= 11 is 0. The summed E-state index contributed by atoms with van der Waals surface area (Å²) in [4.78, 5) is 16.6. The molecule has 1 unspecified atom stereocenters. The molecule has 1 amide bonds. The van der Waals surface area contributed by atoms with Crippen LogP contribution in [0.25, 0.3) is 0 Å². The van der Waals surface area contributed by atoms with Gasteiger partial charge in [-0.3, -0.25) is 0 Å². The smallest absolute Gasteiger partial charge is 0.410 e. The maximum Gasteiger partial charge on any atom is 0.410 e. The van der Waals surface area contributed by atoms with Crippen LogP contribution in [-0.2, 0) is 4.74 Å². The molecule has 23 heavy (non-hydrogen) atoms. The summed E-state index contributed by atoms with van der Waals surface area (Å²) in [5.74, 6) is 0.753. The van der Waals surface area contributed by atoms with E-state index in [1.54, 1.807) is 0 Å². The molecule has 0 saturated carbocycles. The van der Waals surface area contributed by atoms with Crippen molar-refractivity contribution in [3.8, 4) is 0 Å². The largest absolute Gasteiger partial charge is 0.444 e. The molecule has 1 rings (SSSR count). The summed E-state index contributed by atoms with van der Waals surface area (Å²) in [5, 5.41) is 3.52. The van der Waals surface area contributed by atoms with Crippen molar-refractivity contribution >= 4 is 6.09 Å². The van der Waals surface area contributed by atoms with Gasteiger partial charge in [-0.05, 0) is 65.6 Å². The van der Waals surface area contributed by atoms with Crippen LogP contribution >= 0.6 is 0 Å². The minimum absolute atomic E-state index is 0.181. The van der Waals surface area contributed by atoms with Crippen LogP contribution in [0, 0.1) is 5.92 Å². The lowest BCUT2D eigenvalue weighted by molar-refractivity contribution is 0.0235. The number of amides is 1. The lowest BCUT2D eigenvalue weighted by atomic mass is 10.1. The monoisotopic (exact) mass is 327 g/mol. The molecule has 1 N–H and O–H groups in total. The molecule has 5 heteroatoms. The molecule has 1 heterocycles. The Labute approximate surface area is 142 Å². The molecule has 0 aromatic heterocycles. The molecular weight excluding hydrogens is 290 g/mol. The van der Waals surface area contributed by atoms with E-state index in [0.717, 1.165) is 58.2 Å². The maximum atomic E-state index is 12.3. The number of hydrogen-bond donors (Lipinski definition) is 1. The van der Waals surface area contributed by atoms with Crippen molar-refractivity contribution in [2.24, 2.45) is 5.92 Å². The van der Waals surface area contributed by atoms with Crippen LogP contribution in [0.4, 0.5) is 4.79 Å². The Hall–Kier alpha value is -0.810. The molecule has 1 aliphatic rings. The van der Waals surface area contributed by atoms with Crippen molar-refractivity contribution < 1.29 is 9.53 Å². The Morgan fingerprint density at radius 3 is 2.61 bits per heavy atom. The number of rotatable bonds is 9. The van der Waals surface area contributed by atoms with Crippen molar-refractivity contribution in [2.75, 3.05) is 45.8 Å². The summed E-state index contributed by atoms with van der Waals surface area (Å²) in [7, 11) is 0. The van der Waals surface area contributed by atoms with Crippen molar-refractivity contribution in [3.63, 3.8) is 0 Å². The molecular formula is C18H37N3O2. The van der Waals surface area contributed by atoms with E-state index < -0.39 is 5.60 Å². The van der Waals surface area contributed by atoms with Gasteiger partial charge >= 0.3 is 6.09 Å². The third-order valence-electron chi connectivity index (χ3n) is 4.06. The van der Waals surface area contributed by atoms with E-state index >= 15 is 0 Å². The average molecular weight is 328 g/mol. The molecule has 1 saturated heterocycles. The molecule has 0 aromatic carbocycles. The summed E-state index contributed by atoms with van der Waals surface area (Å²) in [6, 6.07) is 0. The number of ether oxygens (including phenoxy) is 1. The van der Waals surface area contributed by atoms with Gasteiger partial charge in [0.05, 0.1) is 0 Å². The lowest BCUT2D eigenvalue weighted by Crippen LogP contribution is -2.41. The van der Waals surface area contributed by atoms with Crippen LogP contribution in [0.1, 0.15) is 53.9 Å². The number of carbonyl (C=O) groups is 1. The van der Waals surface area contributed by atoms with E-state index in [2.05, 4.69) is 24.1 Å². The Morgan fingerprint density at radius 2 is 2.00 bits per heavy atom. The average Bonchev–Trinajstić information content (AvgIpc) is 2.89. The van der Waals surface area contributed by atoms with Gasteiger partial charge in [-0.15, -0.1) is 0 Å². The summed E-state index contributed by atoms with van der Waals surface area (Å²) in [6.07, 6.45) is 3.23. The van der Waals surface area contributed by atoms with Crippen LogP contribution in [0.3, 0.4) is 0 Å². The van der Waals surface area contributed by atoms with Gasteiger partial charge in [-0.1, -0.05) is 13.8 Å². The standard InChI is InChI=1S/C18H37N3O2/c1-6-9-19-14-16-8-11-20(15-16)12-13-21(10-7-2)17(22)23-18(3,4)5/h16,19H,6-15H2,1-5H3. The SMILES string of the molecule is CCCNCC1CCN(CCN(CCC)C(=O)OC(C)(C)C)C1. The Kier molecular flexibility index (Phi) is 8.92. The molecule has 0 spiro atoms. The highest BCUT2D eigenvalue weighted by molar-refractivity contribution is 5.68. The normalized spacial score (nSPS) is 19.1. The van der Waals surface area contributed by atoms with Gasteiger partial charge < -0.3 is 19.9 Å². The van der Waals surface area contributed by atoms with E-state index in [0.29, 0.717) is 0 Å². The van der Waals surface area contributed by atoms with E-state index in [4.69, 9.17) is 4.74 Å². The second-order valence-electron chi connectivity index (χ2n) is 7.63. The van der Waals surface area contributed by atoms with Crippen molar-refractivity contribution in [2.45, 2.75) is 59.5 Å². The van der Waals surface area contributed by atoms with Gasteiger partial charge in [-0.25, -0.2) is 4.79 Å². The van der Waals surface area contributed by atoms with Crippen LogP contribution in [0.2, 0.25) is 0 Å². The van der Waals surface area contributed by atoms with E-state index in [1.165, 1.54) is 12.8 Å². The zero-order chi connectivity index (χ0) is 17.3. The van der Waals surface area contributed by atoms with Crippen LogP contribution in [0.5, 0.6) is 0 Å². The second-order valence-corrected chi connectivity index (χ2v) is 7.63. The van der Waals surface area contributed by atoms with Gasteiger partial charge in [0.15, 0.2) is 0 Å². The predicted octanol–water partition coefficient (Wildman–Crippen LogP) is 2.96. The van der Waals surface area contributed by atoms with Gasteiger partial charge in [0, 0.05) is 26.2 Å².